The molecule has 128 valence electrons. The number of allylic oxidation sites excluding steroid dienone is 1. The lowest BCUT2D eigenvalue weighted by Gasteiger charge is -2.32. The lowest BCUT2D eigenvalue weighted by Crippen LogP contribution is -2.43. The number of nitrogens with one attached hydrogen (secondary N) is 1. The molecule has 1 aliphatic heterocycles. The van der Waals surface area contributed by atoms with E-state index in [9.17, 15) is 5.26 Å². The Morgan fingerprint density at radius 3 is 2.58 bits per heavy atom. The maximum absolute atomic E-state index is 9.44. The minimum absolute atomic E-state index is 0.119. The van der Waals surface area contributed by atoms with Crippen molar-refractivity contribution in [3.63, 3.8) is 0 Å². The van der Waals surface area contributed by atoms with E-state index in [4.69, 9.17) is 0 Å². The Kier molecular flexibility index (Phi) is 5.63. The number of nitriles is 1. The molecule has 2 rings (SSSR count). The third-order valence-electron chi connectivity index (χ3n) is 3.98. The molecular weight excluding hydrogens is 298 g/mol. The van der Waals surface area contributed by atoms with Gasteiger partial charge in [0.1, 0.15) is 6.07 Å². The molecule has 0 aliphatic carbocycles. The number of rotatable bonds is 5. The van der Waals surface area contributed by atoms with Crippen molar-refractivity contribution >= 4 is 18.1 Å². The number of nitrogens with zero attached hydrogens (tertiary/aromatic N) is 4. The van der Waals surface area contributed by atoms with E-state index in [1.54, 1.807) is 5.01 Å². The molecule has 1 aromatic rings. The second-order valence-electron chi connectivity index (χ2n) is 7.31. The Morgan fingerprint density at radius 1 is 1.38 bits per heavy atom. The zero-order chi connectivity index (χ0) is 17.7. The molecule has 1 saturated heterocycles. The first-order valence-electron chi connectivity index (χ1n) is 8.30. The summed E-state index contributed by atoms with van der Waals surface area (Å²) in [6, 6.07) is 8.08. The molecule has 0 radical (unpaired) electrons. The van der Waals surface area contributed by atoms with Crippen LogP contribution in [0, 0.1) is 16.7 Å². The summed E-state index contributed by atoms with van der Waals surface area (Å²) < 4.78 is 0. The quantitative estimate of drug-likeness (QED) is 0.666. The van der Waals surface area contributed by atoms with Gasteiger partial charge < -0.3 is 10.2 Å². The van der Waals surface area contributed by atoms with Crippen LogP contribution in [0.4, 0.5) is 11.4 Å². The molecule has 1 fully saturated rings. The molecule has 5 heteroatoms. The van der Waals surface area contributed by atoms with E-state index < -0.39 is 0 Å². The summed E-state index contributed by atoms with van der Waals surface area (Å²) >= 11 is 0. The highest BCUT2D eigenvalue weighted by Crippen LogP contribution is 2.32. The van der Waals surface area contributed by atoms with Gasteiger partial charge in [-0.15, -0.1) is 0 Å². The molecule has 1 heterocycles. The van der Waals surface area contributed by atoms with E-state index in [-0.39, 0.29) is 5.41 Å². The number of piperazine rings is 1. The average molecular weight is 325 g/mol. The smallest absolute Gasteiger partial charge is 0.101 e. The van der Waals surface area contributed by atoms with Gasteiger partial charge in [-0.2, -0.15) is 10.4 Å². The second kappa shape index (κ2) is 7.50. The Balaban J connectivity index is 2.33. The Bertz CT molecular complexity index is 645. The van der Waals surface area contributed by atoms with Crippen molar-refractivity contribution in [2.24, 2.45) is 10.5 Å². The number of benzene rings is 1. The molecule has 0 spiro atoms. The molecule has 0 saturated carbocycles. The van der Waals surface area contributed by atoms with Crippen molar-refractivity contribution in [3.8, 4) is 6.07 Å². The van der Waals surface area contributed by atoms with Crippen molar-refractivity contribution in [2.75, 3.05) is 36.1 Å². The van der Waals surface area contributed by atoms with Crippen LogP contribution < -0.4 is 15.2 Å². The minimum Gasteiger partial charge on any atom is -0.368 e. The molecule has 24 heavy (non-hydrogen) atoms. The maximum atomic E-state index is 9.44. The molecule has 0 amide bonds. The first-order valence-corrected chi connectivity index (χ1v) is 8.30. The number of anilines is 2. The highest BCUT2D eigenvalue weighted by atomic mass is 15.5. The van der Waals surface area contributed by atoms with Gasteiger partial charge in [0.2, 0.25) is 0 Å². The van der Waals surface area contributed by atoms with Crippen LogP contribution in [0.1, 0.15) is 32.8 Å². The van der Waals surface area contributed by atoms with E-state index in [1.165, 1.54) is 0 Å². The molecule has 1 N–H and O–H groups in total. The third kappa shape index (κ3) is 4.36. The molecule has 0 unspecified atom stereocenters. The van der Waals surface area contributed by atoms with Gasteiger partial charge >= 0.3 is 0 Å². The standard InChI is InChI=1S/C19H27N5/c1-15(13-19(2,3)4)24(21-5)17-7-6-16(14-20)18(12-17)23-10-8-22-9-11-23/h6-7,12,22H,1,5,8-11,13H2,2-4H3. The van der Waals surface area contributed by atoms with Crippen LogP contribution in [0.25, 0.3) is 0 Å². The van der Waals surface area contributed by atoms with Crippen molar-refractivity contribution < 1.29 is 0 Å². The fraction of sp³-hybridized carbons (Fsp3) is 0.474. The van der Waals surface area contributed by atoms with E-state index >= 15 is 0 Å². The SMILES string of the molecule is C=NN(C(=C)CC(C)(C)C)c1ccc(C#N)c(N2CCNCC2)c1. The largest absolute Gasteiger partial charge is 0.368 e. The molecule has 0 aromatic heterocycles. The lowest BCUT2D eigenvalue weighted by molar-refractivity contribution is 0.405. The van der Waals surface area contributed by atoms with Gasteiger partial charge in [0.15, 0.2) is 0 Å². The monoisotopic (exact) mass is 325 g/mol. The topological polar surface area (TPSA) is 54.7 Å². The number of hydrogen-bond donors (Lipinski definition) is 1. The van der Waals surface area contributed by atoms with Gasteiger partial charge in [0.05, 0.1) is 16.9 Å². The van der Waals surface area contributed by atoms with Crippen molar-refractivity contribution in [2.45, 2.75) is 27.2 Å². The van der Waals surface area contributed by atoms with E-state index in [0.717, 1.165) is 49.7 Å². The molecule has 0 bridgehead atoms. The molecule has 5 nitrogen and oxygen atoms in total. The van der Waals surface area contributed by atoms with Crippen molar-refractivity contribution in [1.29, 1.82) is 5.26 Å². The van der Waals surface area contributed by atoms with Crippen LogP contribution in [0.3, 0.4) is 0 Å². The van der Waals surface area contributed by atoms with Crippen LogP contribution in [0.2, 0.25) is 0 Å². The summed E-state index contributed by atoms with van der Waals surface area (Å²) in [7, 11) is 0. The summed E-state index contributed by atoms with van der Waals surface area (Å²) in [5.74, 6) is 0. The third-order valence-corrected chi connectivity index (χ3v) is 3.98. The van der Waals surface area contributed by atoms with Crippen molar-refractivity contribution in [1.82, 2.24) is 5.32 Å². The molecular formula is C19H27N5. The number of hydrazone groups is 1. The Hall–Kier alpha value is -2.32. The summed E-state index contributed by atoms with van der Waals surface area (Å²) in [5.41, 5.74) is 3.55. The zero-order valence-corrected chi connectivity index (χ0v) is 15.0. The van der Waals surface area contributed by atoms with Crippen LogP contribution in [0.15, 0.2) is 35.6 Å². The summed E-state index contributed by atoms with van der Waals surface area (Å²) in [6.45, 7) is 18.0. The highest BCUT2D eigenvalue weighted by molar-refractivity contribution is 5.68. The summed E-state index contributed by atoms with van der Waals surface area (Å²) in [5, 5.41) is 18.7. The summed E-state index contributed by atoms with van der Waals surface area (Å²) in [6.07, 6.45) is 0.814. The van der Waals surface area contributed by atoms with Crippen LogP contribution >= 0.6 is 0 Å². The van der Waals surface area contributed by atoms with Crippen LogP contribution in [-0.2, 0) is 0 Å². The normalized spacial score (nSPS) is 14.8. The van der Waals surface area contributed by atoms with Crippen LogP contribution in [-0.4, -0.2) is 32.9 Å². The van der Waals surface area contributed by atoms with Gasteiger partial charge in [-0.05, 0) is 30.0 Å². The first-order chi connectivity index (χ1) is 11.4. The summed E-state index contributed by atoms with van der Waals surface area (Å²) in [4.78, 5) is 2.24. The van der Waals surface area contributed by atoms with Gasteiger partial charge in [-0.25, -0.2) is 5.01 Å². The lowest BCUT2D eigenvalue weighted by atomic mass is 9.90. The van der Waals surface area contributed by atoms with E-state index in [1.807, 2.05) is 18.2 Å². The van der Waals surface area contributed by atoms with Gasteiger partial charge in [-0.1, -0.05) is 27.4 Å². The first kappa shape index (κ1) is 18.0. The van der Waals surface area contributed by atoms with E-state index in [2.05, 4.69) is 55.5 Å². The molecule has 0 atom stereocenters. The molecule has 1 aliphatic rings. The van der Waals surface area contributed by atoms with Crippen LogP contribution in [0.5, 0.6) is 0 Å². The predicted molar refractivity (Wildman–Crippen MR) is 101 cm³/mol. The predicted octanol–water partition coefficient (Wildman–Crippen LogP) is 3.34. The van der Waals surface area contributed by atoms with E-state index in [0.29, 0.717) is 5.56 Å². The second-order valence-corrected chi connectivity index (χ2v) is 7.31. The Labute approximate surface area is 145 Å². The zero-order valence-electron chi connectivity index (χ0n) is 15.0. The van der Waals surface area contributed by atoms with Gasteiger partial charge in [0.25, 0.3) is 0 Å². The fourth-order valence-corrected chi connectivity index (χ4v) is 2.96. The molecule has 1 aromatic carbocycles. The Morgan fingerprint density at radius 2 is 2.04 bits per heavy atom. The van der Waals surface area contributed by atoms with Crippen molar-refractivity contribution in [3.05, 3.63) is 36.0 Å². The fourth-order valence-electron chi connectivity index (χ4n) is 2.96. The number of hydrogen-bond acceptors (Lipinski definition) is 5. The highest BCUT2D eigenvalue weighted by Gasteiger charge is 2.20. The van der Waals surface area contributed by atoms with Gasteiger partial charge in [-0.3, -0.25) is 0 Å². The minimum atomic E-state index is 0.119. The van der Waals surface area contributed by atoms with Gasteiger partial charge in [0, 0.05) is 38.6 Å². The maximum Gasteiger partial charge on any atom is 0.101 e. The average Bonchev–Trinajstić information content (AvgIpc) is 2.54.